The molecule has 0 heterocycles. The molecule has 0 N–H and O–H groups in total. The summed E-state index contributed by atoms with van der Waals surface area (Å²) in [4.78, 5) is 0. The van der Waals surface area contributed by atoms with E-state index in [1.807, 2.05) is 0 Å². The highest BCUT2D eigenvalue weighted by Crippen LogP contribution is 2.41. The topological polar surface area (TPSA) is 9.23 Å². The SMILES string of the molecule is CCC1Cc2ccccc2C([O][Al-]([Br])([Br])[Br])=C1C. The van der Waals surface area contributed by atoms with Crippen molar-refractivity contribution in [1.29, 1.82) is 0 Å². The van der Waals surface area contributed by atoms with Gasteiger partial charge in [-0.15, -0.1) is 0 Å². The molecule has 0 aliphatic heterocycles. The van der Waals surface area contributed by atoms with Crippen LogP contribution in [0, 0.1) is 5.92 Å². The van der Waals surface area contributed by atoms with E-state index in [1.54, 1.807) is 0 Å². The van der Waals surface area contributed by atoms with E-state index in [0.29, 0.717) is 5.92 Å². The fraction of sp³-hybridized carbons (Fsp3) is 0.385. The number of hydrogen-bond acceptors (Lipinski definition) is 1. The van der Waals surface area contributed by atoms with Crippen molar-refractivity contribution in [2.75, 3.05) is 0 Å². The van der Waals surface area contributed by atoms with Gasteiger partial charge in [-0.3, -0.25) is 0 Å². The molecule has 5 heteroatoms. The zero-order valence-corrected chi connectivity index (χ0v) is 16.3. The predicted octanol–water partition coefficient (Wildman–Crippen LogP) is 5.64. The van der Waals surface area contributed by atoms with Crippen LogP contribution in [0.15, 0.2) is 29.8 Å². The van der Waals surface area contributed by atoms with Crippen LogP contribution in [0.4, 0.5) is 0 Å². The Balaban J connectivity index is 2.48. The van der Waals surface area contributed by atoms with Crippen LogP contribution in [-0.4, -0.2) is 7.93 Å². The molecular weight excluding hydrogens is 439 g/mol. The summed E-state index contributed by atoms with van der Waals surface area (Å²) in [6.07, 6.45) is 2.27. The van der Waals surface area contributed by atoms with Crippen molar-refractivity contribution in [2.24, 2.45) is 5.92 Å². The second-order valence-corrected chi connectivity index (χ2v) is 28.5. The second-order valence-electron chi connectivity index (χ2n) is 4.61. The largest absolute Gasteiger partial charge is 0.774 e. The molecule has 1 aliphatic carbocycles. The maximum atomic E-state index is 6.15. The highest BCUT2D eigenvalue weighted by molar-refractivity contribution is 9.71. The highest BCUT2D eigenvalue weighted by atomic mass is 80.0. The number of rotatable bonds is 3. The van der Waals surface area contributed by atoms with E-state index in [-0.39, 0.29) is 0 Å². The molecule has 0 saturated carbocycles. The number of benzene rings is 1. The molecule has 0 radical (unpaired) electrons. The fourth-order valence-corrected chi connectivity index (χ4v) is 4.74. The number of halogens is 3. The van der Waals surface area contributed by atoms with Gasteiger partial charge in [-0.2, -0.15) is 0 Å². The molecule has 0 amide bonds. The van der Waals surface area contributed by atoms with Crippen molar-refractivity contribution in [3.05, 3.63) is 41.0 Å². The molecule has 98 valence electrons. The Hall–Kier alpha value is 0.732. The van der Waals surface area contributed by atoms with Crippen molar-refractivity contribution in [1.82, 2.24) is 0 Å². The van der Waals surface area contributed by atoms with Gasteiger partial charge in [-0.1, -0.05) is 31.2 Å². The number of allylic oxidation sites excluding steroid dienone is 1. The highest BCUT2D eigenvalue weighted by Gasteiger charge is 2.30. The Morgan fingerprint density at radius 1 is 1.28 bits per heavy atom. The molecule has 1 aliphatic rings. The molecule has 1 nitrogen and oxygen atoms in total. The van der Waals surface area contributed by atoms with Gasteiger partial charge in [0.15, 0.2) is 0 Å². The van der Waals surface area contributed by atoms with Gasteiger partial charge in [-0.05, 0) is 36.8 Å². The minimum atomic E-state index is -2.40. The number of fused-ring (bicyclic) bond motifs is 1. The fourth-order valence-electron chi connectivity index (χ4n) is 2.48. The van der Waals surface area contributed by atoms with Gasteiger partial charge >= 0.3 is 7.93 Å². The quantitative estimate of drug-likeness (QED) is 0.538. The summed E-state index contributed by atoms with van der Waals surface area (Å²) in [7, 11) is -2.40. The molecule has 0 bridgehead atoms. The third-order valence-electron chi connectivity index (χ3n) is 3.44. The Kier molecular flexibility index (Phi) is 5.05. The van der Waals surface area contributed by atoms with Gasteiger partial charge in [0, 0.05) is 5.56 Å². The Morgan fingerprint density at radius 3 is 2.56 bits per heavy atom. The molecule has 2 rings (SSSR count). The van der Waals surface area contributed by atoms with Crippen molar-refractivity contribution >= 4 is 55.8 Å². The normalized spacial score (nSPS) is 19.7. The minimum Gasteiger partial charge on any atom is -0.774 e. The summed E-state index contributed by atoms with van der Waals surface area (Å²) in [5.74, 6) is 1.63. The lowest BCUT2D eigenvalue weighted by Gasteiger charge is -2.35. The van der Waals surface area contributed by atoms with Crippen LogP contribution in [0.2, 0.25) is 0 Å². The Bertz CT molecular complexity index is 479. The summed E-state index contributed by atoms with van der Waals surface area (Å²) < 4.78 is 6.15. The smallest absolute Gasteiger partial charge is 0.615 e. The van der Waals surface area contributed by atoms with Gasteiger partial charge in [0.1, 0.15) is 0 Å². The summed E-state index contributed by atoms with van der Waals surface area (Å²) in [6.45, 7) is 4.43. The van der Waals surface area contributed by atoms with Crippen molar-refractivity contribution in [3.8, 4) is 0 Å². The van der Waals surface area contributed by atoms with E-state index >= 15 is 0 Å². The summed E-state index contributed by atoms with van der Waals surface area (Å²) in [5.41, 5.74) is 3.99. The summed E-state index contributed by atoms with van der Waals surface area (Å²) in [6, 6.07) is 8.53. The van der Waals surface area contributed by atoms with Crippen LogP contribution in [0.1, 0.15) is 31.4 Å². The molecule has 0 saturated heterocycles. The van der Waals surface area contributed by atoms with E-state index in [2.05, 4.69) is 80.3 Å². The standard InChI is InChI=1S/C13H16O.Al.3BrH/c1-3-10-8-11-6-4-5-7-12(11)13(14)9(10)2;;;;/h4-7,10,14H,3,8H2,1-2H3;;3*1H/q;+3;;;/p-4. The zero-order valence-electron chi connectivity index (χ0n) is 10.4. The van der Waals surface area contributed by atoms with E-state index < -0.39 is 7.93 Å². The predicted molar refractivity (Wildman–Crippen MR) is 90.1 cm³/mol. The average Bonchev–Trinajstić information content (AvgIpc) is 2.31. The van der Waals surface area contributed by atoms with Gasteiger partial charge < -0.3 is 45.9 Å². The van der Waals surface area contributed by atoms with Gasteiger partial charge in [0.05, 0.1) is 5.76 Å². The lowest BCUT2D eigenvalue weighted by atomic mass is 9.82. The van der Waals surface area contributed by atoms with Crippen LogP contribution in [0.25, 0.3) is 5.76 Å². The van der Waals surface area contributed by atoms with Crippen molar-refractivity contribution < 1.29 is 3.79 Å². The zero-order chi connectivity index (χ0) is 13.3. The van der Waals surface area contributed by atoms with Crippen LogP contribution in [0.5, 0.6) is 0 Å². The van der Waals surface area contributed by atoms with Crippen LogP contribution >= 0.6 is 42.2 Å². The molecule has 0 fully saturated rings. The third kappa shape index (κ3) is 3.43. The maximum absolute atomic E-state index is 6.15. The van der Waals surface area contributed by atoms with Crippen LogP contribution in [-0.2, 0) is 10.2 Å². The number of hydrogen-bond donors (Lipinski definition) is 0. The molecule has 1 unspecified atom stereocenters. The van der Waals surface area contributed by atoms with E-state index in [4.69, 9.17) is 3.79 Å². The van der Waals surface area contributed by atoms with E-state index in [0.717, 1.165) is 18.6 Å². The molecule has 18 heavy (non-hydrogen) atoms. The third-order valence-corrected chi connectivity index (χ3v) is 5.63. The molecule has 0 spiro atoms. The van der Waals surface area contributed by atoms with Gasteiger partial charge in [0.2, 0.25) is 0 Å². The molecule has 0 aromatic heterocycles. The molecule has 1 aromatic rings. The van der Waals surface area contributed by atoms with Gasteiger partial charge in [0.25, 0.3) is 0 Å². The molecule has 1 aromatic carbocycles. The molecular formula is C13H15AlBr3O-. The average molecular weight is 454 g/mol. The van der Waals surface area contributed by atoms with E-state index in [9.17, 15) is 0 Å². The van der Waals surface area contributed by atoms with Gasteiger partial charge in [-0.25, -0.2) is 0 Å². The minimum absolute atomic E-state index is 0.587. The van der Waals surface area contributed by atoms with Crippen LogP contribution in [0.3, 0.4) is 0 Å². The first-order valence-corrected chi connectivity index (χ1v) is 16.1. The summed E-state index contributed by atoms with van der Waals surface area (Å²) in [5, 5.41) is 0. The van der Waals surface area contributed by atoms with Crippen molar-refractivity contribution in [2.45, 2.75) is 26.7 Å². The summed E-state index contributed by atoms with van der Waals surface area (Å²) >= 11 is 10.7. The monoisotopic (exact) mass is 451 g/mol. The second kappa shape index (κ2) is 6.01. The first kappa shape index (κ1) is 15.1. The van der Waals surface area contributed by atoms with Crippen molar-refractivity contribution in [3.63, 3.8) is 0 Å². The first-order valence-electron chi connectivity index (χ1n) is 6.09. The lowest BCUT2D eigenvalue weighted by Crippen LogP contribution is -2.20. The maximum Gasteiger partial charge on any atom is 0.615 e. The Labute approximate surface area is 132 Å². The first-order chi connectivity index (χ1) is 8.42. The molecule has 1 atom stereocenters. The Morgan fingerprint density at radius 2 is 1.94 bits per heavy atom. The lowest BCUT2D eigenvalue weighted by molar-refractivity contribution is 0.504. The van der Waals surface area contributed by atoms with E-state index in [1.165, 1.54) is 16.7 Å². The van der Waals surface area contributed by atoms with Crippen LogP contribution < -0.4 is 0 Å².